The number of rotatable bonds is 3. The molecule has 0 aromatic carbocycles. The van der Waals surface area contributed by atoms with Crippen LogP contribution in [0.3, 0.4) is 0 Å². The molecule has 1 aliphatic carbocycles. The van der Waals surface area contributed by atoms with Crippen molar-refractivity contribution >= 4 is 5.69 Å². The maximum atomic E-state index is 11.2. The number of nitro groups is 1. The van der Waals surface area contributed by atoms with Crippen molar-refractivity contribution in [3.05, 3.63) is 40.7 Å². The minimum atomic E-state index is -0.379. The molecule has 2 aromatic heterocycles. The molecule has 2 aromatic rings. The molecule has 6 nitrogen and oxygen atoms in total. The van der Waals surface area contributed by atoms with Gasteiger partial charge in [0.25, 0.3) is 0 Å². The number of hydrogen-bond donors (Lipinski definition) is 0. The highest BCUT2D eigenvalue weighted by molar-refractivity contribution is 5.65. The zero-order chi connectivity index (χ0) is 13.9. The standard InChI is InChI=1S/C14H16N4O2/c19-18(20)13-10-17(11-6-2-1-3-7-11)16-14(13)12-8-4-5-9-15-12/h4-5,8-11H,1-3,6-7H2. The number of hydrogen-bond acceptors (Lipinski definition) is 4. The first-order valence-corrected chi connectivity index (χ1v) is 6.90. The molecule has 0 spiro atoms. The summed E-state index contributed by atoms with van der Waals surface area (Å²) in [4.78, 5) is 15.0. The van der Waals surface area contributed by atoms with E-state index in [4.69, 9.17) is 0 Å². The Balaban J connectivity index is 2.00. The summed E-state index contributed by atoms with van der Waals surface area (Å²) in [6.45, 7) is 0. The number of aromatic nitrogens is 3. The van der Waals surface area contributed by atoms with E-state index in [-0.39, 0.29) is 16.7 Å². The summed E-state index contributed by atoms with van der Waals surface area (Å²) in [5.41, 5.74) is 0.948. The maximum Gasteiger partial charge on any atom is 0.316 e. The zero-order valence-electron chi connectivity index (χ0n) is 11.1. The average Bonchev–Trinajstić information content (AvgIpc) is 2.94. The van der Waals surface area contributed by atoms with Gasteiger partial charge in [-0.15, -0.1) is 0 Å². The molecule has 3 rings (SSSR count). The Morgan fingerprint density at radius 2 is 2.05 bits per heavy atom. The predicted octanol–water partition coefficient (Wildman–Crippen LogP) is 3.36. The Kier molecular flexibility index (Phi) is 3.45. The average molecular weight is 272 g/mol. The van der Waals surface area contributed by atoms with Gasteiger partial charge in [-0.25, -0.2) is 0 Å². The minimum Gasteiger partial charge on any atom is -0.262 e. The van der Waals surface area contributed by atoms with Crippen LogP contribution in [0.25, 0.3) is 11.4 Å². The van der Waals surface area contributed by atoms with Gasteiger partial charge in [-0.2, -0.15) is 5.10 Å². The smallest absolute Gasteiger partial charge is 0.262 e. The molecule has 1 aliphatic rings. The Morgan fingerprint density at radius 1 is 1.25 bits per heavy atom. The van der Waals surface area contributed by atoms with Crippen molar-refractivity contribution < 1.29 is 4.92 Å². The first-order valence-electron chi connectivity index (χ1n) is 6.90. The van der Waals surface area contributed by atoms with Crippen LogP contribution in [0.15, 0.2) is 30.6 Å². The van der Waals surface area contributed by atoms with Gasteiger partial charge in [0.05, 0.1) is 16.7 Å². The molecule has 1 fully saturated rings. The molecular weight excluding hydrogens is 256 g/mol. The Bertz CT molecular complexity index is 603. The Hall–Kier alpha value is -2.24. The first kappa shape index (κ1) is 12.8. The summed E-state index contributed by atoms with van der Waals surface area (Å²) in [6.07, 6.45) is 8.83. The molecule has 1 saturated carbocycles. The van der Waals surface area contributed by atoms with Crippen LogP contribution >= 0.6 is 0 Å². The summed E-state index contributed by atoms with van der Waals surface area (Å²) in [5.74, 6) is 0. The fraction of sp³-hybridized carbons (Fsp3) is 0.429. The van der Waals surface area contributed by atoms with Crippen molar-refractivity contribution in [2.75, 3.05) is 0 Å². The van der Waals surface area contributed by atoms with Gasteiger partial charge < -0.3 is 0 Å². The minimum absolute atomic E-state index is 0.0364. The first-order chi connectivity index (χ1) is 9.75. The van der Waals surface area contributed by atoms with Crippen molar-refractivity contribution in [2.24, 2.45) is 0 Å². The van der Waals surface area contributed by atoms with E-state index in [1.165, 1.54) is 6.42 Å². The maximum absolute atomic E-state index is 11.2. The largest absolute Gasteiger partial charge is 0.316 e. The Labute approximate surface area is 116 Å². The van der Waals surface area contributed by atoms with Gasteiger partial charge in [0.2, 0.25) is 0 Å². The highest BCUT2D eigenvalue weighted by Crippen LogP contribution is 2.32. The second-order valence-corrected chi connectivity index (χ2v) is 5.11. The van der Waals surface area contributed by atoms with Crippen molar-refractivity contribution in [3.63, 3.8) is 0 Å². The zero-order valence-corrected chi connectivity index (χ0v) is 11.1. The molecule has 0 radical (unpaired) electrons. The SMILES string of the molecule is O=[N+]([O-])c1cn(C2CCCCC2)nc1-c1ccccn1. The lowest BCUT2D eigenvalue weighted by atomic mass is 9.96. The second kappa shape index (κ2) is 5.40. The van der Waals surface area contributed by atoms with Crippen LogP contribution in [0.2, 0.25) is 0 Å². The summed E-state index contributed by atoms with van der Waals surface area (Å²) < 4.78 is 1.77. The molecule has 0 unspecified atom stereocenters. The monoisotopic (exact) mass is 272 g/mol. The highest BCUT2D eigenvalue weighted by atomic mass is 16.6. The topological polar surface area (TPSA) is 73.8 Å². The normalized spacial score (nSPS) is 16.2. The molecule has 0 aliphatic heterocycles. The van der Waals surface area contributed by atoms with E-state index in [1.54, 1.807) is 29.2 Å². The van der Waals surface area contributed by atoms with E-state index in [0.717, 1.165) is 25.7 Å². The predicted molar refractivity (Wildman–Crippen MR) is 74.2 cm³/mol. The van der Waals surface area contributed by atoms with Crippen LogP contribution in [0.5, 0.6) is 0 Å². The van der Waals surface area contributed by atoms with E-state index >= 15 is 0 Å². The highest BCUT2D eigenvalue weighted by Gasteiger charge is 2.25. The van der Waals surface area contributed by atoms with Gasteiger partial charge in [-0.1, -0.05) is 25.3 Å². The summed E-state index contributed by atoms with van der Waals surface area (Å²) >= 11 is 0. The summed E-state index contributed by atoms with van der Waals surface area (Å²) in [6, 6.07) is 5.62. The van der Waals surface area contributed by atoms with Crippen molar-refractivity contribution in [1.82, 2.24) is 14.8 Å². The number of nitrogens with zero attached hydrogens (tertiary/aromatic N) is 4. The van der Waals surface area contributed by atoms with Crippen molar-refractivity contribution in [2.45, 2.75) is 38.1 Å². The van der Waals surface area contributed by atoms with Crippen molar-refractivity contribution in [1.29, 1.82) is 0 Å². The lowest BCUT2D eigenvalue weighted by molar-refractivity contribution is -0.384. The third-order valence-electron chi connectivity index (χ3n) is 3.77. The van der Waals surface area contributed by atoms with Gasteiger partial charge in [0.1, 0.15) is 6.20 Å². The van der Waals surface area contributed by atoms with Crippen LogP contribution in [0, 0.1) is 10.1 Å². The lowest BCUT2D eigenvalue weighted by Gasteiger charge is -2.21. The van der Waals surface area contributed by atoms with Gasteiger partial charge in [0.15, 0.2) is 5.69 Å². The fourth-order valence-electron chi connectivity index (χ4n) is 2.73. The van der Waals surface area contributed by atoms with Gasteiger partial charge in [-0.3, -0.25) is 19.8 Å². The lowest BCUT2D eigenvalue weighted by Crippen LogP contribution is -2.13. The van der Waals surface area contributed by atoms with Crippen LogP contribution in [-0.4, -0.2) is 19.7 Å². The molecule has 0 saturated heterocycles. The molecular formula is C14H16N4O2. The molecule has 0 N–H and O–H groups in total. The van der Waals surface area contributed by atoms with Crippen LogP contribution < -0.4 is 0 Å². The molecule has 0 amide bonds. The van der Waals surface area contributed by atoms with Crippen molar-refractivity contribution in [3.8, 4) is 11.4 Å². The van der Waals surface area contributed by atoms with E-state index in [0.29, 0.717) is 11.4 Å². The van der Waals surface area contributed by atoms with Crippen LogP contribution in [-0.2, 0) is 0 Å². The fourth-order valence-corrected chi connectivity index (χ4v) is 2.73. The summed E-state index contributed by atoms with van der Waals surface area (Å²) in [7, 11) is 0. The van der Waals surface area contributed by atoms with E-state index < -0.39 is 0 Å². The molecule has 0 atom stereocenters. The molecule has 2 heterocycles. The Morgan fingerprint density at radius 3 is 2.70 bits per heavy atom. The quantitative estimate of drug-likeness (QED) is 0.634. The van der Waals surface area contributed by atoms with Crippen LogP contribution in [0.4, 0.5) is 5.69 Å². The van der Waals surface area contributed by atoms with Gasteiger partial charge >= 0.3 is 5.69 Å². The van der Waals surface area contributed by atoms with Gasteiger partial charge in [-0.05, 0) is 25.0 Å². The molecule has 6 heteroatoms. The van der Waals surface area contributed by atoms with E-state index in [1.807, 2.05) is 6.07 Å². The number of pyridine rings is 1. The third-order valence-corrected chi connectivity index (χ3v) is 3.77. The second-order valence-electron chi connectivity index (χ2n) is 5.11. The van der Waals surface area contributed by atoms with Crippen LogP contribution in [0.1, 0.15) is 38.1 Å². The van der Waals surface area contributed by atoms with E-state index in [2.05, 4.69) is 10.1 Å². The van der Waals surface area contributed by atoms with Gasteiger partial charge in [0, 0.05) is 6.20 Å². The summed E-state index contributed by atoms with van der Waals surface area (Å²) in [5, 5.41) is 15.7. The van der Waals surface area contributed by atoms with E-state index in [9.17, 15) is 10.1 Å². The molecule has 20 heavy (non-hydrogen) atoms. The third kappa shape index (κ3) is 2.41. The molecule has 104 valence electrons. The molecule has 0 bridgehead atoms.